The van der Waals surface area contributed by atoms with Crippen LogP contribution in [0.15, 0.2) is 24.3 Å². The van der Waals surface area contributed by atoms with Gasteiger partial charge in [-0.05, 0) is 18.7 Å². The number of hydrogen-bond acceptors (Lipinski definition) is 3. The molecule has 0 spiro atoms. The number of rotatable bonds is 2. The van der Waals surface area contributed by atoms with Crippen molar-refractivity contribution in [3.63, 3.8) is 0 Å². The number of nitrogens with one attached hydrogen (secondary N) is 2. The number of benzene rings is 1. The van der Waals surface area contributed by atoms with Gasteiger partial charge in [-0.2, -0.15) is 15.4 Å². The quantitative estimate of drug-likeness (QED) is 0.789. The summed E-state index contributed by atoms with van der Waals surface area (Å²) < 4.78 is 0. The van der Waals surface area contributed by atoms with Crippen molar-refractivity contribution >= 4 is 11.0 Å². The Kier molecular flexibility index (Phi) is 4.77. The van der Waals surface area contributed by atoms with Crippen molar-refractivity contribution in [2.24, 2.45) is 0 Å². The van der Waals surface area contributed by atoms with Crippen LogP contribution in [0.3, 0.4) is 0 Å². The van der Waals surface area contributed by atoms with Crippen molar-refractivity contribution in [2.75, 3.05) is 6.54 Å². The molecule has 1 heterocycles. The zero-order chi connectivity index (χ0) is 11.1. The summed E-state index contributed by atoms with van der Waals surface area (Å²) in [5.41, 5.74) is 1.83. The molecule has 0 bridgehead atoms. The topological polar surface area (TPSA) is 53.6 Å². The van der Waals surface area contributed by atoms with E-state index >= 15 is 0 Å². The number of H-pyrrole nitrogens is 1. The van der Waals surface area contributed by atoms with Gasteiger partial charge < -0.3 is 5.32 Å². The van der Waals surface area contributed by atoms with E-state index in [1.807, 2.05) is 24.3 Å². The molecule has 2 N–H and O–H groups in total. The second-order valence-corrected chi connectivity index (χ2v) is 3.52. The van der Waals surface area contributed by atoms with Crippen molar-refractivity contribution in [1.82, 2.24) is 20.7 Å². The summed E-state index contributed by atoms with van der Waals surface area (Å²) in [7, 11) is 0. The van der Waals surface area contributed by atoms with Crippen LogP contribution in [-0.2, 0) is 0 Å². The highest BCUT2D eigenvalue weighted by molar-refractivity contribution is 5.72. The molecule has 0 fully saturated rings. The molecule has 0 saturated carbocycles. The Hall–Kier alpha value is -1.42. The fourth-order valence-corrected chi connectivity index (χ4v) is 1.19. The van der Waals surface area contributed by atoms with Gasteiger partial charge in [-0.25, -0.2) is 0 Å². The third-order valence-electron chi connectivity index (χ3n) is 1.84. The minimum atomic E-state index is 0.648. The van der Waals surface area contributed by atoms with E-state index in [9.17, 15) is 0 Å². The molecule has 82 valence electrons. The van der Waals surface area contributed by atoms with Gasteiger partial charge in [0, 0.05) is 6.04 Å². The van der Waals surface area contributed by atoms with E-state index in [-0.39, 0.29) is 0 Å². The average Bonchev–Trinajstić information content (AvgIpc) is 2.65. The highest BCUT2D eigenvalue weighted by Crippen LogP contribution is 2.03. The molecule has 4 nitrogen and oxygen atoms in total. The summed E-state index contributed by atoms with van der Waals surface area (Å²) in [5.74, 6) is 0. The van der Waals surface area contributed by atoms with E-state index in [0.29, 0.717) is 6.04 Å². The Labute approximate surface area is 90.1 Å². The first-order valence-electron chi connectivity index (χ1n) is 5.23. The lowest BCUT2D eigenvalue weighted by Crippen LogP contribution is -2.21. The predicted octanol–water partition coefficient (Wildman–Crippen LogP) is 1.96. The van der Waals surface area contributed by atoms with Crippen LogP contribution in [0.2, 0.25) is 0 Å². The van der Waals surface area contributed by atoms with E-state index in [0.717, 1.165) is 17.6 Å². The van der Waals surface area contributed by atoms with Crippen LogP contribution in [0.4, 0.5) is 0 Å². The van der Waals surface area contributed by atoms with Crippen molar-refractivity contribution in [1.29, 1.82) is 0 Å². The van der Waals surface area contributed by atoms with Gasteiger partial charge in [0.15, 0.2) is 0 Å². The first-order chi connectivity index (χ1) is 7.24. The Morgan fingerprint density at radius 3 is 2.07 bits per heavy atom. The second kappa shape index (κ2) is 6.14. The lowest BCUT2D eigenvalue weighted by Gasteiger charge is -2.00. The Morgan fingerprint density at radius 1 is 1.20 bits per heavy atom. The summed E-state index contributed by atoms with van der Waals surface area (Å²) >= 11 is 0. The Balaban J connectivity index is 0.000000167. The van der Waals surface area contributed by atoms with Gasteiger partial charge in [0.1, 0.15) is 11.0 Å². The summed E-state index contributed by atoms with van der Waals surface area (Å²) in [6, 6.07) is 8.35. The summed E-state index contributed by atoms with van der Waals surface area (Å²) in [4.78, 5) is 0. The van der Waals surface area contributed by atoms with Crippen LogP contribution in [-0.4, -0.2) is 28.0 Å². The third-order valence-corrected chi connectivity index (χ3v) is 1.84. The standard InChI is InChI=1S/C6H5N3.C5H13N/c1-2-4-6-5(3-1)7-9-8-6;1-4-6-5(2)3/h1-4H,(H,7,8,9);5-6H,4H2,1-3H3. The SMILES string of the molecule is CCNC(C)C.c1ccc2n[nH]nc2c1. The van der Waals surface area contributed by atoms with E-state index in [1.54, 1.807) is 0 Å². The monoisotopic (exact) mass is 206 g/mol. The van der Waals surface area contributed by atoms with Gasteiger partial charge in [-0.3, -0.25) is 0 Å². The van der Waals surface area contributed by atoms with Gasteiger partial charge in [0.2, 0.25) is 0 Å². The zero-order valence-electron chi connectivity index (χ0n) is 9.49. The summed E-state index contributed by atoms with van der Waals surface area (Å²) in [6.45, 7) is 7.48. The molecular weight excluding hydrogens is 188 g/mol. The lowest BCUT2D eigenvalue weighted by atomic mass is 10.3. The van der Waals surface area contributed by atoms with Crippen molar-refractivity contribution in [3.8, 4) is 0 Å². The van der Waals surface area contributed by atoms with Crippen LogP contribution in [0.1, 0.15) is 20.8 Å². The van der Waals surface area contributed by atoms with Crippen LogP contribution >= 0.6 is 0 Å². The summed E-state index contributed by atoms with van der Waals surface area (Å²) in [6.07, 6.45) is 0. The largest absolute Gasteiger partial charge is 0.315 e. The normalized spacial score (nSPS) is 10.1. The van der Waals surface area contributed by atoms with Gasteiger partial charge >= 0.3 is 0 Å². The fourth-order valence-electron chi connectivity index (χ4n) is 1.19. The Bertz CT molecular complexity index is 350. The molecule has 15 heavy (non-hydrogen) atoms. The van der Waals surface area contributed by atoms with E-state index in [1.165, 1.54) is 0 Å². The second-order valence-electron chi connectivity index (χ2n) is 3.52. The van der Waals surface area contributed by atoms with Crippen LogP contribution < -0.4 is 5.32 Å². The van der Waals surface area contributed by atoms with Gasteiger partial charge in [-0.15, -0.1) is 0 Å². The van der Waals surface area contributed by atoms with E-state index in [4.69, 9.17) is 0 Å². The maximum absolute atomic E-state index is 3.88. The first kappa shape index (κ1) is 11.7. The minimum absolute atomic E-state index is 0.648. The highest BCUT2D eigenvalue weighted by Gasteiger charge is 1.90. The average molecular weight is 206 g/mol. The molecule has 0 atom stereocenters. The predicted molar refractivity (Wildman–Crippen MR) is 62.7 cm³/mol. The van der Waals surface area contributed by atoms with Crippen LogP contribution in [0.25, 0.3) is 11.0 Å². The zero-order valence-corrected chi connectivity index (χ0v) is 9.49. The van der Waals surface area contributed by atoms with Crippen molar-refractivity contribution in [2.45, 2.75) is 26.8 Å². The molecule has 0 unspecified atom stereocenters. The number of aromatic nitrogens is 3. The molecule has 0 aliphatic carbocycles. The molecule has 2 aromatic rings. The molecule has 0 aliphatic heterocycles. The molecule has 0 amide bonds. The van der Waals surface area contributed by atoms with E-state index < -0.39 is 0 Å². The van der Waals surface area contributed by atoms with Crippen LogP contribution in [0, 0.1) is 0 Å². The van der Waals surface area contributed by atoms with Gasteiger partial charge in [0.25, 0.3) is 0 Å². The lowest BCUT2D eigenvalue weighted by molar-refractivity contribution is 0.613. The number of fused-ring (bicyclic) bond motifs is 1. The van der Waals surface area contributed by atoms with Crippen molar-refractivity contribution < 1.29 is 0 Å². The number of hydrogen-bond donors (Lipinski definition) is 2. The number of nitrogens with zero attached hydrogens (tertiary/aromatic N) is 2. The summed E-state index contributed by atoms with van der Waals surface area (Å²) in [5, 5.41) is 13.5. The smallest absolute Gasteiger partial charge is 0.112 e. The molecule has 2 rings (SSSR count). The molecule has 0 saturated heterocycles. The highest BCUT2D eigenvalue weighted by atomic mass is 15.3. The number of para-hydroxylation sites is 2. The maximum Gasteiger partial charge on any atom is 0.112 e. The minimum Gasteiger partial charge on any atom is -0.315 e. The maximum atomic E-state index is 3.88. The molecule has 0 radical (unpaired) electrons. The fraction of sp³-hybridized carbons (Fsp3) is 0.455. The first-order valence-corrected chi connectivity index (χ1v) is 5.23. The van der Waals surface area contributed by atoms with Gasteiger partial charge in [0.05, 0.1) is 0 Å². The molecule has 4 heteroatoms. The molecule has 1 aromatic carbocycles. The Morgan fingerprint density at radius 2 is 1.73 bits per heavy atom. The molecule has 0 aliphatic rings. The third kappa shape index (κ3) is 4.08. The number of aromatic amines is 1. The van der Waals surface area contributed by atoms with Crippen LogP contribution in [0.5, 0.6) is 0 Å². The van der Waals surface area contributed by atoms with Crippen molar-refractivity contribution in [3.05, 3.63) is 24.3 Å². The molecular formula is C11H18N4. The molecule has 1 aromatic heterocycles. The van der Waals surface area contributed by atoms with E-state index in [2.05, 4.69) is 41.5 Å². The van der Waals surface area contributed by atoms with Gasteiger partial charge in [-0.1, -0.05) is 32.9 Å².